The Morgan fingerprint density at radius 3 is 2.47 bits per heavy atom. The Morgan fingerprint density at radius 2 is 2.00 bits per heavy atom. The molecule has 5 nitrogen and oxygen atoms in total. The van der Waals surface area contributed by atoms with Crippen molar-refractivity contribution in [3.63, 3.8) is 0 Å². The fraction of sp³-hybridized carbons (Fsp3) is 0.273. The quantitative estimate of drug-likeness (QED) is 0.469. The molecule has 0 bridgehead atoms. The predicted molar refractivity (Wildman–Crippen MR) is 64.6 cm³/mol. The van der Waals surface area contributed by atoms with E-state index in [0.29, 0.717) is 11.9 Å². The monoisotopic (exact) mass is 253 g/mol. The molecule has 0 aliphatic carbocycles. The molecule has 0 amide bonds. The molecule has 1 heterocycles. The number of benzene rings is 1. The summed E-state index contributed by atoms with van der Waals surface area (Å²) in [5, 5.41) is 10.5. The van der Waals surface area contributed by atoms with Gasteiger partial charge in [0.25, 0.3) is 13.1 Å². The molecule has 1 aromatic rings. The van der Waals surface area contributed by atoms with E-state index < -0.39 is 12.3 Å². The second kappa shape index (κ2) is 4.34. The van der Waals surface area contributed by atoms with Crippen molar-refractivity contribution in [2.75, 3.05) is 6.16 Å². The van der Waals surface area contributed by atoms with E-state index in [0.717, 1.165) is 12.0 Å². The zero-order valence-electron chi connectivity index (χ0n) is 9.33. The average molecular weight is 253 g/mol. The van der Waals surface area contributed by atoms with Gasteiger partial charge in [-0.1, -0.05) is 5.57 Å². The highest BCUT2D eigenvalue weighted by atomic mass is 31.2. The third-order valence-electron chi connectivity index (χ3n) is 2.54. The van der Waals surface area contributed by atoms with Crippen molar-refractivity contribution in [1.29, 1.82) is 0 Å². The molecular weight excluding hydrogens is 241 g/mol. The first-order valence-electron chi connectivity index (χ1n) is 5.20. The van der Waals surface area contributed by atoms with Crippen molar-refractivity contribution in [3.8, 4) is 5.75 Å². The Morgan fingerprint density at radius 1 is 1.35 bits per heavy atom. The van der Waals surface area contributed by atoms with Gasteiger partial charge in [0.15, 0.2) is 0 Å². The second-order valence-electron chi connectivity index (χ2n) is 4.02. The van der Waals surface area contributed by atoms with Gasteiger partial charge < -0.3 is 4.52 Å². The maximum Gasteiger partial charge on any atom is 0.270 e. The zero-order chi connectivity index (χ0) is 12.5. The predicted octanol–water partition coefficient (Wildman–Crippen LogP) is 3.56. The van der Waals surface area contributed by atoms with Crippen LogP contribution in [0.25, 0.3) is 0 Å². The van der Waals surface area contributed by atoms with E-state index in [1.807, 2.05) is 6.92 Å². The van der Waals surface area contributed by atoms with Crippen LogP contribution in [0.3, 0.4) is 0 Å². The first-order chi connectivity index (χ1) is 7.98. The van der Waals surface area contributed by atoms with Crippen molar-refractivity contribution in [1.82, 2.24) is 0 Å². The Bertz CT molecular complexity index is 521. The number of allylic oxidation sites excluding steroid dienone is 1. The third kappa shape index (κ3) is 2.74. The number of rotatable bonds is 3. The van der Waals surface area contributed by atoms with E-state index in [4.69, 9.17) is 4.52 Å². The largest absolute Gasteiger partial charge is 0.440 e. The van der Waals surface area contributed by atoms with Crippen LogP contribution in [0.15, 0.2) is 35.7 Å². The van der Waals surface area contributed by atoms with Crippen molar-refractivity contribution in [2.24, 2.45) is 0 Å². The third-order valence-corrected chi connectivity index (χ3v) is 4.74. The summed E-state index contributed by atoms with van der Waals surface area (Å²) in [7, 11) is -2.72. The molecular formula is C11H12NO4P. The molecule has 0 spiro atoms. The Kier molecular flexibility index (Phi) is 3.03. The molecule has 0 saturated heterocycles. The lowest BCUT2D eigenvalue weighted by Crippen LogP contribution is -1.92. The number of nitro groups is 1. The van der Waals surface area contributed by atoms with E-state index in [1.54, 1.807) is 5.82 Å². The van der Waals surface area contributed by atoms with Gasteiger partial charge in [-0.05, 0) is 25.5 Å². The van der Waals surface area contributed by atoms with Gasteiger partial charge in [0.05, 0.1) is 4.92 Å². The van der Waals surface area contributed by atoms with Gasteiger partial charge >= 0.3 is 0 Å². The molecule has 0 saturated carbocycles. The minimum Gasteiger partial charge on any atom is -0.440 e. The highest BCUT2D eigenvalue weighted by Crippen LogP contribution is 2.54. The normalized spacial score (nSPS) is 23.2. The van der Waals surface area contributed by atoms with Gasteiger partial charge in [0.1, 0.15) is 5.75 Å². The molecule has 1 atom stereocenters. The number of nitrogens with zero attached hydrogens (tertiary/aromatic N) is 1. The van der Waals surface area contributed by atoms with Gasteiger partial charge in [-0.3, -0.25) is 14.7 Å². The highest BCUT2D eigenvalue weighted by molar-refractivity contribution is 7.63. The standard InChI is InChI=1S/C11H12NO4P/c1-9-6-7-17(15,8-9)16-11-4-2-10(3-5-11)12(13)14/h2-5,8H,6-7H2,1H3/t17-/m0/s1. The van der Waals surface area contributed by atoms with E-state index >= 15 is 0 Å². The van der Waals surface area contributed by atoms with Crippen molar-refractivity contribution in [3.05, 3.63) is 45.8 Å². The van der Waals surface area contributed by atoms with Crippen molar-refractivity contribution >= 4 is 13.1 Å². The summed E-state index contributed by atoms with van der Waals surface area (Å²) in [6.07, 6.45) is 1.29. The van der Waals surface area contributed by atoms with Crippen LogP contribution < -0.4 is 4.52 Å². The molecule has 90 valence electrons. The molecule has 0 radical (unpaired) electrons. The van der Waals surface area contributed by atoms with Gasteiger partial charge in [0, 0.05) is 24.1 Å². The number of hydrogen-bond donors (Lipinski definition) is 0. The van der Waals surface area contributed by atoms with Crippen molar-refractivity contribution < 1.29 is 14.0 Å². The molecule has 1 aliphatic heterocycles. The Labute approximate surface area is 98.7 Å². The summed E-state index contributed by atoms with van der Waals surface area (Å²) < 4.78 is 17.6. The molecule has 2 rings (SSSR count). The summed E-state index contributed by atoms with van der Waals surface area (Å²) in [5.41, 5.74) is 1.06. The second-order valence-corrected chi connectivity index (χ2v) is 6.36. The molecule has 6 heteroatoms. The van der Waals surface area contributed by atoms with Crippen LogP contribution in [0.1, 0.15) is 13.3 Å². The molecule has 0 fully saturated rings. The SMILES string of the molecule is CC1=C[P@@](=O)(Oc2ccc([N+](=O)[O-])cc2)CC1. The summed E-state index contributed by atoms with van der Waals surface area (Å²) in [4.78, 5) is 9.98. The lowest BCUT2D eigenvalue weighted by atomic mass is 10.3. The molecule has 0 N–H and O–H groups in total. The van der Waals surface area contributed by atoms with Crippen LogP contribution in [0.5, 0.6) is 5.75 Å². The van der Waals surface area contributed by atoms with Gasteiger partial charge in [-0.2, -0.15) is 0 Å². The van der Waals surface area contributed by atoms with E-state index in [-0.39, 0.29) is 5.69 Å². The minimum atomic E-state index is -2.72. The van der Waals surface area contributed by atoms with Crippen molar-refractivity contribution in [2.45, 2.75) is 13.3 Å². The summed E-state index contributed by atoms with van der Waals surface area (Å²) in [6.45, 7) is 1.92. The zero-order valence-corrected chi connectivity index (χ0v) is 10.2. The molecule has 1 aliphatic rings. The van der Waals surface area contributed by atoms with Crippen LogP contribution in [0.4, 0.5) is 5.69 Å². The Balaban J connectivity index is 2.15. The van der Waals surface area contributed by atoms with Gasteiger partial charge in [-0.15, -0.1) is 0 Å². The summed E-state index contributed by atoms with van der Waals surface area (Å²) in [5.74, 6) is 2.08. The highest BCUT2D eigenvalue weighted by Gasteiger charge is 2.27. The summed E-state index contributed by atoms with van der Waals surface area (Å²) >= 11 is 0. The fourth-order valence-electron chi connectivity index (χ4n) is 1.68. The number of hydrogen-bond acceptors (Lipinski definition) is 4. The minimum absolute atomic E-state index is 0.00576. The van der Waals surface area contributed by atoms with E-state index in [9.17, 15) is 14.7 Å². The van der Waals surface area contributed by atoms with E-state index in [2.05, 4.69) is 0 Å². The lowest BCUT2D eigenvalue weighted by Gasteiger charge is -2.11. The van der Waals surface area contributed by atoms with Crippen LogP contribution in [0.2, 0.25) is 0 Å². The molecule has 0 aromatic heterocycles. The van der Waals surface area contributed by atoms with E-state index in [1.165, 1.54) is 24.3 Å². The van der Waals surface area contributed by atoms with Gasteiger partial charge in [0.2, 0.25) is 0 Å². The lowest BCUT2D eigenvalue weighted by molar-refractivity contribution is -0.384. The topological polar surface area (TPSA) is 69.4 Å². The first kappa shape index (κ1) is 11.9. The average Bonchev–Trinajstić information content (AvgIpc) is 2.59. The Hall–Kier alpha value is -1.61. The molecule has 0 unspecified atom stereocenters. The molecule has 17 heavy (non-hydrogen) atoms. The van der Waals surface area contributed by atoms with Crippen LogP contribution in [-0.2, 0) is 4.57 Å². The van der Waals surface area contributed by atoms with Crippen LogP contribution in [0, 0.1) is 10.1 Å². The van der Waals surface area contributed by atoms with Crippen LogP contribution >= 0.6 is 7.37 Å². The number of non-ortho nitro benzene ring substituents is 1. The van der Waals surface area contributed by atoms with Crippen LogP contribution in [-0.4, -0.2) is 11.1 Å². The number of nitro benzene ring substituents is 1. The molecule has 1 aromatic carbocycles. The maximum atomic E-state index is 12.2. The smallest absolute Gasteiger partial charge is 0.270 e. The maximum absolute atomic E-state index is 12.2. The first-order valence-corrected chi connectivity index (χ1v) is 7.08. The fourth-order valence-corrected chi connectivity index (χ4v) is 3.89. The van der Waals surface area contributed by atoms with Gasteiger partial charge in [-0.25, -0.2) is 0 Å². The summed E-state index contributed by atoms with van der Waals surface area (Å²) in [6, 6.07) is 5.63.